The van der Waals surface area contributed by atoms with Gasteiger partial charge in [0.25, 0.3) is 5.91 Å². The van der Waals surface area contributed by atoms with Gasteiger partial charge in [0, 0.05) is 35.3 Å². The number of nitrogens with two attached hydrogens (primary N) is 1. The Bertz CT molecular complexity index is 1120. The number of benzene rings is 2. The lowest BCUT2D eigenvalue weighted by Crippen LogP contribution is -2.27. The maximum Gasteiger partial charge on any atom is 0.251 e. The summed E-state index contributed by atoms with van der Waals surface area (Å²) < 4.78 is 11.7. The van der Waals surface area contributed by atoms with E-state index in [-0.39, 0.29) is 18.1 Å². The maximum atomic E-state index is 13.2. The van der Waals surface area contributed by atoms with E-state index in [9.17, 15) is 4.79 Å². The van der Waals surface area contributed by atoms with Crippen molar-refractivity contribution in [3.8, 4) is 16.9 Å². The molecule has 0 radical (unpaired) electrons. The van der Waals surface area contributed by atoms with Gasteiger partial charge in [-0.15, -0.1) is 0 Å². The second kappa shape index (κ2) is 10.0. The first-order chi connectivity index (χ1) is 15.9. The van der Waals surface area contributed by atoms with E-state index in [1.54, 1.807) is 12.3 Å². The summed E-state index contributed by atoms with van der Waals surface area (Å²) in [5.74, 6) is 0.440. The lowest BCUT2D eigenvalue weighted by atomic mass is 9.99. The number of hydrogen-bond donors (Lipinski definition) is 2. The molecule has 33 heavy (non-hydrogen) atoms. The minimum Gasteiger partial charge on any atom is -0.491 e. The summed E-state index contributed by atoms with van der Waals surface area (Å²) in [6.07, 6.45) is 3.91. The van der Waals surface area contributed by atoms with Crippen LogP contribution in [0.15, 0.2) is 54.7 Å². The number of carbonyl (C=O) groups is 1. The molecule has 0 bridgehead atoms. The Morgan fingerprint density at radius 3 is 2.76 bits per heavy atom. The van der Waals surface area contributed by atoms with E-state index >= 15 is 0 Å². The number of ether oxygens (including phenoxy) is 2. The molecule has 172 valence electrons. The molecule has 1 fully saturated rings. The molecular formula is C27H31N3O3. The quantitative estimate of drug-likeness (QED) is 0.500. The van der Waals surface area contributed by atoms with Gasteiger partial charge < -0.3 is 20.5 Å². The molecule has 1 aliphatic rings. The average molecular weight is 446 g/mol. The molecule has 3 N–H and O–H groups in total. The molecule has 1 saturated heterocycles. The molecule has 1 aromatic heterocycles. The first-order valence-corrected chi connectivity index (χ1v) is 11.4. The smallest absolute Gasteiger partial charge is 0.251 e. The lowest BCUT2D eigenvalue weighted by Gasteiger charge is -2.17. The number of anilines is 1. The number of nitrogen functional groups attached to an aromatic ring is 1. The molecule has 6 nitrogen and oxygen atoms in total. The van der Waals surface area contributed by atoms with Gasteiger partial charge in [-0.1, -0.05) is 18.2 Å². The van der Waals surface area contributed by atoms with Crippen LogP contribution in [0.3, 0.4) is 0 Å². The Kier molecular flexibility index (Phi) is 6.94. The van der Waals surface area contributed by atoms with Crippen LogP contribution in [0.1, 0.15) is 53.0 Å². The Hall–Kier alpha value is -3.38. The zero-order valence-electron chi connectivity index (χ0n) is 19.4. The minimum absolute atomic E-state index is 0.0874. The first-order valence-electron chi connectivity index (χ1n) is 11.4. The number of carbonyl (C=O) groups excluding carboxylic acids is 1. The normalized spacial score (nSPS) is 16.4. The van der Waals surface area contributed by atoms with Crippen LogP contribution in [0.4, 0.5) is 5.69 Å². The number of amides is 1. The highest BCUT2D eigenvalue weighted by molar-refractivity contribution is 5.96. The Balaban J connectivity index is 1.61. The Morgan fingerprint density at radius 2 is 2.06 bits per heavy atom. The molecule has 0 spiro atoms. The van der Waals surface area contributed by atoms with Gasteiger partial charge in [0.1, 0.15) is 12.4 Å². The number of nitrogens with one attached hydrogen (secondary N) is 1. The molecular weight excluding hydrogens is 414 g/mol. The van der Waals surface area contributed by atoms with Gasteiger partial charge in [-0.3, -0.25) is 9.78 Å². The fourth-order valence-corrected chi connectivity index (χ4v) is 3.98. The predicted octanol–water partition coefficient (Wildman–Crippen LogP) is 5.00. The Morgan fingerprint density at radius 1 is 1.21 bits per heavy atom. The largest absolute Gasteiger partial charge is 0.491 e. The van der Waals surface area contributed by atoms with Crippen LogP contribution in [0, 0.1) is 13.8 Å². The Labute approximate surface area is 195 Å². The molecule has 1 unspecified atom stereocenters. The van der Waals surface area contributed by atoms with Crippen LogP contribution in [-0.4, -0.2) is 30.2 Å². The highest BCUT2D eigenvalue weighted by atomic mass is 16.5. The summed E-state index contributed by atoms with van der Waals surface area (Å²) in [7, 11) is 0. The SMILES string of the molecule is Cc1ccc(-c2cc(OCC3CCCO3)cc(C(=O)N[C@H](C)c3ccc(C)nc3)c2)c(N)c1. The van der Waals surface area contributed by atoms with Gasteiger partial charge in [-0.2, -0.15) is 0 Å². The van der Waals surface area contributed by atoms with Crippen molar-refractivity contribution in [1.29, 1.82) is 0 Å². The van der Waals surface area contributed by atoms with E-state index in [1.165, 1.54) is 0 Å². The minimum atomic E-state index is -0.185. The molecule has 1 aliphatic heterocycles. The second-order valence-corrected chi connectivity index (χ2v) is 8.71. The molecule has 2 aromatic carbocycles. The van der Waals surface area contributed by atoms with E-state index in [1.807, 2.05) is 63.2 Å². The van der Waals surface area contributed by atoms with Gasteiger partial charge >= 0.3 is 0 Å². The number of aryl methyl sites for hydroxylation is 2. The van der Waals surface area contributed by atoms with Gasteiger partial charge in [-0.25, -0.2) is 0 Å². The van der Waals surface area contributed by atoms with Crippen molar-refractivity contribution in [2.24, 2.45) is 0 Å². The summed E-state index contributed by atoms with van der Waals surface area (Å²) in [6.45, 7) is 7.11. The number of aromatic nitrogens is 1. The van der Waals surface area contributed by atoms with Crippen LogP contribution in [-0.2, 0) is 4.74 Å². The summed E-state index contributed by atoms with van der Waals surface area (Å²) in [6, 6.07) is 15.2. The molecule has 3 aromatic rings. The zero-order chi connectivity index (χ0) is 23.4. The van der Waals surface area contributed by atoms with Crippen molar-refractivity contribution < 1.29 is 14.3 Å². The van der Waals surface area contributed by atoms with Gasteiger partial charge in [0.2, 0.25) is 0 Å². The third-order valence-electron chi connectivity index (χ3n) is 5.93. The number of hydrogen-bond acceptors (Lipinski definition) is 5. The summed E-state index contributed by atoms with van der Waals surface area (Å²) in [5, 5.41) is 3.07. The van der Waals surface area contributed by atoms with Crippen molar-refractivity contribution >= 4 is 11.6 Å². The van der Waals surface area contributed by atoms with Crippen molar-refractivity contribution in [2.45, 2.75) is 45.8 Å². The van der Waals surface area contributed by atoms with Crippen LogP contribution in [0.2, 0.25) is 0 Å². The summed E-state index contributed by atoms with van der Waals surface area (Å²) in [4.78, 5) is 17.5. The van der Waals surface area contributed by atoms with Gasteiger partial charge in [-0.05, 0) is 80.6 Å². The van der Waals surface area contributed by atoms with Crippen molar-refractivity contribution in [3.05, 3.63) is 77.1 Å². The molecule has 0 saturated carbocycles. The standard InChI is InChI=1S/C27H31N3O3/c1-17-6-9-25(26(28)11-17)21-12-22(14-24(13-21)33-16-23-5-4-10-32-23)27(31)30-19(3)20-8-7-18(2)29-15-20/h6-9,11-15,19,23H,4-5,10,16,28H2,1-3H3,(H,30,31)/t19-,23?/m1/s1. The van der Waals surface area contributed by atoms with Crippen LogP contribution >= 0.6 is 0 Å². The fraction of sp³-hybridized carbons (Fsp3) is 0.333. The highest BCUT2D eigenvalue weighted by Crippen LogP contribution is 2.31. The van der Waals surface area contributed by atoms with Crippen LogP contribution in [0.25, 0.3) is 11.1 Å². The fourth-order valence-electron chi connectivity index (χ4n) is 3.98. The highest BCUT2D eigenvalue weighted by Gasteiger charge is 2.18. The van der Waals surface area contributed by atoms with Crippen molar-refractivity contribution in [1.82, 2.24) is 10.3 Å². The zero-order valence-corrected chi connectivity index (χ0v) is 19.4. The van der Waals surface area contributed by atoms with E-state index in [0.29, 0.717) is 23.6 Å². The lowest BCUT2D eigenvalue weighted by molar-refractivity contribution is 0.0679. The van der Waals surface area contributed by atoms with Gasteiger partial charge in [0.05, 0.1) is 12.1 Å². The maximum absolute atomic E-state index is 13.2. The van der Waals surface area contributed by atoms with E-state index in [0.717, 1.165) is 47.4 Å². The van der Waals surface area contributed by atoms with Crippen molar-refractivity contribution in [2.75, 3.05) is 18.9 Å². The predicted molar refractivity (Wildman–Crippen MR) is 130 cm³/mol. The number of nitrogens with zero attached hydrogens (tertiary/aromatic N) is 1. The third-order valence-corrected chi connectivity index (χ3v) is 5.93. The molecule has 2 atom stereocenters. The molecule has 0 aliphatic carbocycles. The summed E-state index contributed by atoms with van der Waals surface area (Å²) in [5.41, 5.74) is 12.2. The number of pyridine rings is 1. The average Bonchev–Trinajstić information content (AvgIpc) is 3.31. The monoisotopic (exact) mass is 445 g/mol. The second-order valence-electron chi connectivity index (χ2n) is 8.71. The topological polar surface area (TPSA) is 86.5 Å². The molecule has 4 rings (SSSR count). The summed E-state index contributed by atoms with van der Waals surface area (Å²) >= 11 is 0. The van der Waals surface area contributed by atoms with Crippen LogP contribution < -0.4 is 15.8 Å². The van der Waals surface area contributed by atoms with Crippen molar-refractivity contribution in [3.63, 3.8) is 0 Å². The van der Waals surface area contributed by atoms with E-state index < -0.39 is 0 Å². The number of rotatable bonds is 7. The molecule has 2 heterocycles. The first kappa shape index (κ1) is 22.8. The molecule has 6 heteroatoms. The van der Waals surface area contributed by atoms with E-state index in [2.05, 4.69) is 10.3 Å². The van der Waals surface area contributed by atoms with Gasteiger partial charge in [0.15, 0.2) is 0 Å². The van der Waals surface area contributed by atoms with Crippen LogP contribution in [0.5, 0.6) is 5.75 Å². The third kappa shape index (κ3) is 5.71. The van der Waals surface area contributed by atoms with E-state index in [4.69, 9.17) is 15.2 Å². The molecule has 1 amide bonds.